The highest BCUT2D eigenvalue weighted by Crippen LogP contribution is 2.31. The first-order valence-electron chi connectivity index (χ1n) is 13.4. The van der Waals surface area contributed by atoms with Crippen LogP contribution in [0.15, 0.2) is 71.1 Å². The van der Waals surface area contributed by atoms with E-state index in [0.717, 1.165) is 28.2 Å². The molecule has 2 aliphatic heterocycles. The third kappa shape index (κ3) is 5.52. The number of ether oxygens (including phenoxy) is 1. The first-order chi connectivity index (χ1) is 20.2. The van der Waals surface area contributed by atoms with Gasteiger partial charge in [-0.15, -0.1) is 11.3 Å². The van der Waals surface area contributed by atoms with Crippen LogP contribution in [0, 0.1) is 0 Å². The van der Waals surface area contributed by atoms with E-state index in [4.69, 9.17) is 4.74 Å². The molecule has 42 heavy (non-hydrogen) atoms. The van der Waals surface area contributed by atoms with E-state index in [9.17, 15) is 18.0 Å². The molecule has 4 heterocycles. The molecule has 0 saturated carbocycles. The fraction of sp³-hybridized carbons (Fsp3) is 0.267. The maximum atomic E-state index is 13.3. The lowest BCUT2D eigenvalue weighted by Crippen LogP contribution is -2.56. The molecule has 0 bridgehead atoms. The Hall–Kier alpha value is -4.13. The number of aromatic nitrogens is 2. The van der Waals surface area contributed by atoms with Gasteiger partial charge in [0.05, 0.1) is 29.6 Å². The number of anilines is 2. The van der Waals surface area contributed by atoms with Crippen LogP contribution >= 0.6 is 11.3 Å². The molecule has 0 unspecified atom stereocenters. The Morgan fingerprint density at radius 3 is 2.67 bits per heavy atom. The molecule has 4 aromatic rings. The largest absolute Gasteiger partial charge is 0.376 e. The highest BCUT2D eigenvalue weighted by Gasteiger charge is 2.39. The van der Waals surface area contributed by atoms with Gasteiger partial charge in [-0.2, -0.15) is 0 Å². The summed E-state index contributed by atoms with van der Waals surface area (Å²) >= 11 is 1.31. The third-order valence-electron chi connectivity index (χ3n) is 7.42. The van der Waals surface area contributed by atoms with E-state index in [2.05, 4.69) is 21.4 Å². The van der Waals surface area contributed by atoms with Crippen molar-refractivity contribution in [3.63, 3.8) is 0 Å². The van der Waals surface area contributed by atoms with E-state index in [1.54, 1.807) is 18.3 Å². The van der Waals surface area contributed by atoms with E-state index >= 15 is 0 Å². The van der Waals surface area contributed by atoms with Gasteiger partial charge in [0.2, 0.25) is 5.91 Å². The number of carbonyl (C=O) groups is 2. The van der Waals surface area contributed by atoms with Gasteiger partial charge in [-0.1, -0.05) is 24.3 Å². The Morgan fingerprint density at radius 1 is 1.07 bits per heavy atom. The van der Waals surface area contributed by atoms with Gasteiger partial charge in [-0.3, -0.25) is 9.59 Å². The number of likely N-dealkylation sites (tertiary alicyclic amines) is 1. The van der Waals surface area contributed by atoms with Gasteiger partial charge < -0.3 is 19.9 Å². The summed E-state index contributed by atoms with van der Waals surface area (Å²) < 4.78 is 30.7. The van der Waals surface area contributed by atoms with Crippen molar-refractivity contribution in [1.29, 1.82) is 0 Å². The van der Waals surface area contributed by atoms with Gasteiger partial charge in [-0.25, -0.2) is 18.4 Å². The quantitative estimate of drug-likeness (QED) is 0.350. The zero-order valence-corrected chi connectivity index (χ0v) is 24.7. The van der Waals surface area contributed by atoms with Crippen LogP contribution in [0.5, 0.6) is 0 Å². The first kappa shape index (κ1) is 28.0. The Morgan fingerprint density at radius 2 is 1.88 bits per heavy atom. The number of rotatable bonds is 6. The lowest BCUT2D eigenvalue weighted by atomic mass is 10.00. The summed E-state index contributed by atoms with van der Waals surface area (Å²) in [5, 5.41) is 5.18. The maximum absolute atomic E-state index is 13.3. The Balaban J connectivity index is 1.15. The first-order valence-corrected chi connectivity index (χ1v) is 16.0. The number of hydrogen-bond acceptors (Lipinski definition) is 9. The van der Waals surface area contributed by atoms with E-state index < -0.39 is 15.9 Å². The van der Waals surface area contributed by atoms with Crippen molar-refractivity contribution < 1.29 is 22.7 Å². The highest BCUT2D eigenvalue weighted by molar-refractivity contribution is 7.91. The van der Waals surface area contributed by atoms with Gasteiger partial charge in [0.1, 0.15) is 11.9 Å². The molecule has 216 valence electrons. The molecular weight excluding hydrogens is 574 g/mol. The molecule has 1 N–H and O–H groups in total. The Labute approximate surface area is 247 Å². The number of pyridine rings is 1. The number of nitrogens with one attached hydrogen (secondary N) is 1. The lowest BCUT2D eigenvalue weighted by Gasteiger charge is -2.39. The third-order valence-corrected chi connectivity index (χ3v) is 9.93. The molecule has 2 aromatic heterocycles. The zero-order valence-electron chi connectivity index (χ0n) is 23.1. The molecule has 2 aliphatic rings. The molecule has 2 aromatic carbocycles. The Kier molecular flexibility index (Phi) is 7.52. The summed E-state index contributed by atoms with van der Waals surface area (Å²) in [6.45, 7) is 0.699. The molecule has 10 nitrogen and oxygen atoms in total. The minimum atomic E-state index is -3.55. The summed E-state index contributed by atoms with van der Waals surface area (Å²) in [5.74, 6) is 0.0257. The standard InChI is InChI=1S/C30H29N5O5S2/c1-34(2)27-16-20(8-10-31-27)19-4-3-5-21(14-19)24-18-41-30(32-24)33-28(36)25-9-11-35(25)29(37)22-6-7-23-17-40-12-13-42(38,39)26(23)15-22/h3-8,10,14-16,18,25H,9,11-13,17H2,1-2H3,(H,32,33,36)/t25-/m0/s1. The van der Waals surface area contributed by atoms with E-state index in [-0.39, 0.29) is 41.2 Å². The second-order valence-corrected chi connectivity index (χ2v) is 13.3. The molecule has 12 heteroatoms. The number of nitrogens with zero attached hydrogens (tertiary/aromatic N) is 4. The average Bonchev–Trinajstić information content (AvgIpc) is 3.37. The van der Waals surface area contributed by atoms with E-state index in [0.29, 0.717) is 23.7 Å². The summed E-state index contributed by atoms with van der Waals surface area (Å²) in [6.07, 6.45) is 2.29. The maximum Gasteiger partial charge on any atom is 0.254 e. The Bertz CT molecular complexity index is 1790. The fourth-order valence-electron chi connectivity index (χ4n) is 4.98. The second-order valence-electron chi connectivity index (χ2n) is 10.4. The number of thiazole rings is 1. The van der Waals surface area contributed by atoms with Crippen LogP contribution in [0.3, 0.4) is 0 Å². The smallest absolute Gasteiger partial charge is 0.254 e. The number of sulfone groups is 1. The summed E-state index contributed by atoms with van der Waals surface area (Å²) in [5.41, 5.74) is 4.48. The van der Waals surface area contributed by atoms with Gasteiger partial charge in [-0.05, 0) is 53.4 Å². The molecule has 2 amide bonds. The van der Waals surface area contributed by atoms with Crippen molar-refractivity contribution >= 4 is 43.9 Å². The van der Waals surface area contributed by atoms with E-state index in [1.807, 2.05) is 54.7 Å². The minimum absolute atomic E-state index is 0.112. The van der Waals surface area contributed by atoms with Crippen LogP contribution in [0.4, 0.5) is 10.9 Å². The van der Waals surface area contributed by atoms with Crippen LogP contribution in [-0.4, -0.2) is 74.1 Å². The van der Waals surface area contributed by atoms with Crippen molar-refractivity contribution in [2.45, 2.75) is 24.0 Å². The molecule has 1 saturated heterocycles. The van der Waals surface area contributed by atoms with Crippen LogP contribution < -0.4 is 10.2 Å². The molecule has 6 rings (SSSR count). The minimum Gasteiger partial charge on any atom is -0.376 e. The molecule has 1 atom stereocenters. The number of carbonyl (C=O) groups excluding carboxylic acids is 2. The van der Waals surface area contributed by atoms with Gasteiger partial charge >= 0.3 is 0 Å². The lowest BCUT2D eigenvalue weighted by molar-refractivity contribution is -0.123. The number of amides is 2. The number of benzene rings is 2. The number of fused-ring (bicyclic) bond motifs is 1. The van der Waals surface area contributed by atoms with Crippen LogP contribution in [-0.2, 0) is 26.0 Å². The van der Waals surface area contributed by atoms with Crippen LogP contribution in [0.25, 0.3) is 22.4 Å². The predicted octanol–water partition coefficient (Wildman–Crippen LogP) is 4.10. The molecular formula is C30H29N5O5S2. The van der Waals surface area contributed by atoms with Crippen molar-refractivity contribution in [2.24, 2.45) is 0 Å². The van der Waals surface area contributed by atoms with Crippen molar-refractivity contribution in [3.8, 4) is 22.4 Å². The van der Waals surface area contributed by atoms with E-state index in [1.165, 1.54) is 22.3 Å². The summed E-state index contributed by atoms with van der Waals surface area (Å²) in [6, 6.07) is 16.0. The molecule has 0 aliphatic carbocycles. The monoisotopic (exact) mass is 603 g/mol. The predicted molar refractivity (Wildman–Crippen MR) is 161 cm³/mol. The van der Waals surface area contributed by atoms with Crippen LogP contribution in [0.2, 0.25) is 0 Å². The zero-order chi connectivity index (χ0) is 29.4. The van der Waals surface area contributed by atoms with Crippen molar-refractivity contribution in [1.82, 2.24) is 14.9 Å². The molecule has 0 spiro atoms. The van der Waals surface area contributed by atoms with Gasteiger partial charge in [0, 0.05) is 43.3 Å². The second kappa shape index (κ2) is 11.3. The van der Waals surface area contributed by atoms with Gasteiger partial charge in [0.15, 0.2) is 15.0 Å². The topological polar surface area (TPSA) is 122 Å². The molecule has 1 fully saturated rings. The number of hydrogen-bond donors (Lipinski definition) is 1. The normalized spacial score (nSPS) is 17.5. The summed E-state index contributed by atoms with van der Waals surface area (Å²) in [4.78, 5) is 39.0. The van der Waals surface area contributed by atoms with Gasteiger partial charge in [0.25, 0.3) is 5.91 Å². The van der Waals surface area contributed by atoms with Crippen molar-refractivity contribution in [3.05, 3.63) is 77.3 Å². The summed E-state index contributed by atoms with van der Waals surface area (Å²) in [7, 11) is 0.346. The SMILES string of the molecule is CN(C)c1cc(-c2cccc(-c3csc(NC(=O)[C@@H]4CCN4C(=O)c4ccc5c(c4)S(=O)(=O)CCOC5)n3)c2)ccn1. The van der Waals surface area contributed by atoms with Crippen molar-refractivity contribution in [2.75, 3.05) is 43.2 Å². The fourth-order valence-corrected chi connectivity index (χ4v) is 7.09. The average molecular weight is 604 g/mol. The van der Waals surface area contributed by atoms with Crippen LogP contribution in [0.1, 0.15) is 22.3 Å². The molecule has 0 radical (unpaired) electrons. The highest BCUT2D eigenvalue weighted by atomic mass is 32.2.